The molecule has 1 amide bonds. The van der Waals surface area contributed by atoms with Gasteiger partial charge in [0.25, 0.3) is 11.5 Å². The van der Waals surface area contributed by atoms with Crippen molar-refractivity contribution in [2.75, 3.05) is 13.1 Å². The van der Waals surface area contributed by atoms with E-state index in [1.165, 1.54) is 22.4 Å². The lowest BCUT2D eigenvalue weighted by Gasteiger charge is -2.26. The van der Waals surface area contributed by atoms with Gasteiger partial charge in [0.2, 0.25) is 0 Å². The molecule has 1 N–H and O–H groups in total. The first-order valence-corrected chi connectivity index (χ1v) is 9.77. The maximum atomic E-state index is 13.0. The lowest BCUT2D eigenvalue weighted by Crippen LogP contribution is -2.36. The standard InChI is InChI=1S/C23H19N5O2/c29-21-9-8-20(26-28(21)17-5-2-1-3-6-17)23(30)27-13-10-16(11-14-27)19-15-25-22-18(19)7-4-12-24-22/h1-10,12,15H,11,13-14H2,(H,24,25). The Kier molecular flexibility index (Phi) is 4.48. The highest BCUT2D eigenvalue weighted by atomic mass is 16.2. The predicted octanol–water partition coefficient (Wildman–Crippen LogP) is 3.04. The van der Waals surface area contributed by atoms with Gasteiger partial charge in [-0.2, -0.15) is 9.78 Å². The molecule has 0 bridgehead atoms. The van der Waals surface area contributed by atoms with Gasteiger partial charge in [-0.15, -0.1) is 0 Å². The molecule has 0 atom stereocenters. The largest absolute Gasteiger partial charge is 0.346 e. The summed E-state index contributed by atoms with van der Waals surface area (Å²) in [5, 5.41) is 5.39. The van der Waals surface area contributed by atoms with Gasteiger partial charge in [-0.25, -0.2) is 4.98 Å². The van der Waals surface area contributed by atoms with Gasteiger partial charge in [0.05, 0.1) is 5.69 Å². The van der Waals surface area contributed by atoms with Crippen molar-refractivity contribution >= 4 is 22.5 Å². The zero-order chi connectivity index (χ0) is 20.5. The number of carbonyl (C=O) groups is 1. The monoisotopic (exact) mass is 397 g/mol. The molecule has 0 unspecified atom stereocenters. The summed E-state index contributed by atoms with van der Waals surface area (Å²) >= 11 is 0. The molecule has 1 aliphatic heterocycles. The fourth-order valence-electron chi connectivity index (χ4n) is 3.76. The summed E-state index contributed by atoms with van der Waals surface area (Å²) in [6, 6.07) is 15.9. The number of nitrogens with zero attached hydrogens (tertiary/aromatic N) is 4. The molecule has 7 nitrogen and oxygen atoms in total. The molecule has 1 aliphatic rings. The Bertz CT molecular complexity index is 1320. The first-order chi connectivity index (χ1) is 14.7. The number of carbonyl (C=O) groups excluding carboxylic acids is 1. The molecule has 7 heteroatoms. The second-order valence-electron chi connectivity index (χ2n) is 7.14. The van der Waals surface area contributed by atoms with Gasteiger partial charge < -0.3 is 9.88 Å². The highest BCUT2D eigenvalue weighted by Crippen LogP contribution is 2.28. The van der Waals surface area contributed by atoms with Crippen LogP contribution in [0.4, 0.5) is 0 Å². The van der Waals surface area contributed by atoms with Crippen LogP contribution in [0.3, 0.4) is 0 Å². The van der Waals surface area contributed by atoms with Gasteiger partial charge in [0.1, 0.15) is 11.3 Å². The molecule has 4 heterocycles. The number of aromatic nitrogens is 4. The third-order valence-corrected chi connectivity index (χ3v) is 5.31. The molecule has 5 rings (SSSR count). The van der Waals surface area contributed by atoms with E-state index in [2.05, 4.69) is 21.1 Å². The molecular weight excluding hydrogens is 378 g/mol. The second-order valence-corrected chi connectivity index (χ2v) is 7.14. The topological polar surface area (TPSA) is 83.9 Å². The summed E-state index contributed by atoms with van der Waals surface area (Å²) in [6.45, 7) is 1.08. The Balaban J connectivity index is 1.39. The molecule has 4 aromatic rings. The van der Waals surface area contributed by atoms with E-state index in [9.17, 15) is 9.59 Å². The molecule has 3 aromatic heterocycles. The average Bonchev–Trinajstić information content (AvgIpc) is 3.24. The average molecular weight is 397 g/mol. The molecule has 0 fully saturated rings. The summed E-state index contributed by atoms with van der Waals surface area (Å²) < 4.78 is 1.26. The van der Waals surface area contributed by atoms with Crippen molar-refractivity contribution in [3.05, 3.63) is 94.7 Å². The summed E-state index contributed by atoms with van der Waals surface area (Å²) in [5.74, 6) is -0.185. The summed E-state index contributed by atoms with van der Waals surface area (Å²) in [5.41, 5.74) is 3.80. The van der Waals surface area contributed by atoms with E-state index in [4.69, 9.17) is 0 Å². The van der Waals surface area contributed by atoms with Crippen LogP contribution in [0.1, 0.15) is 22.5 Å². The fraction of sp³-hybridized carbons (Fsp3) is 0.130. The summed E-state index contributed by atoms with van der Waals surface area (Å²) in [7, 11) is 0. The van der Waals surface area contributed by atoms with Gasteiger partial charge >= 0.3 is 0 Å². The van der Waals surface area contributed by atoms with Crippen LogP contribution in [0.2, 0.25) is 0 Å². The van der Waals surface area contributed by atoms with E-state index < -0.39 is 0 Å². The van der Waals surface area contributed by atoms with E-state index >= 15 is 0 Å². The van der Waals surface area contributed by atoms with Crippen LogP contribution >= 0.6 is 0 Å². The molecule has 1 aromatic carbocycles. The number of aromatic amines is 1. The number of hydrogen-bond donors (Lipinski definition) is 1. The lowest BCUT2D eigenvalue weighted by atomic mass is 9.99. The number of H-pyrrole nitrogens is 1. The molecule has 30 heavy (non-hydrogen) atoms. The summed E-state index contributed by atoms with van der Waals surface area (Å²) in [4.78, 5) is 34.5. The van der Waals surface area contributed by atoms with Gasteiger partial charge in [0.15, 0.2) is 0 Å². The second kappa shape index (κ2) is 7.44. The number of benzene rings is 1. The minimum atomic E-state index is -0.272. The van der Waals surface area contributed by atoms with Crippen LogP contribution in [0.15, 0.2) is 77.9 Å². The zero-order valence-corrected chi connectivity index (χ0v) is 16.2. The number of pyridine rings is 1. The van der Waals surface area contributed by atoms with Crippen molar-refractivity contribution < 1.29 is 4.79 Å². The van der Waals surface area contributed by atoms with E-state index in [1.54, 1.807) is 23.2 Å². The Hall–Kier alpha value is -4.00. The number of amides is 1. The molecule has 0 saturated carbocycles. The first-order valence-electron chi connectivity index (χ1n) is 9.77. The first kappa shape index (κ1) is 18.1. The highest BCUT2D eigenvalue weighted by Gasteiger charge is 2.22. The van der Waals surface area contributed by atoms with Crippen LogP contribution in [-0.4, -0.2) is 43.6 Å². The van der Waals surface area contributed by atoms with Gasteiger partial charge in [-0.05, 0) is 42.3 Å². The third kappa shape index (κ3) is 3.20. The van der Waals surface area contributed by atoms with Crippen molar-refractivity contribution in [3.63, 3.8) is 0 Å². The predicted molar refractivity (Wildman–Crippen MR) is 114 cm³/mol. The van der Waals surface area contributed by atoms with E-state index in [0.29, 0.717) is 18.8 Å². The molecule has 0 saturated heterocycles. The van der Waals surface area contributed by atoms with Crippen molar-refractivity contribution in [2.45, 2.75) is 6.42 Å². The number of nitrogens with one attached hydrogen (secondary N) is 1. The SMILES string of the molecule is O=C(c1ccc(=O)n(-c2ccccc2)n1)N1CC=C(c2c[nH]c3ncccc23)CC1. The van der Waals surface area contributed by atoms with Crippen LogP contribution in [0, 0.1) is 0 Å². The molecule has 148 valence electrons. The fourth-order valence-corrected chi connectivity index (χ4v) is 3.76. The Morgan fingerprint density at radius 2 is 1.90 bits per heavy atom. The number of hydrogen-bond acceptors (Lipinski definition) is 4. The van der Waals surface area contributed by atoms with Crippen LogP contribution in [-0.2, 0) is 0 Å². The number of para-hydroxylation sites is 1. The molecule has 0 radical (unpaired) electrons. The number of fused-ring (bicyclic) bond motifs is 1. The maximum Gasteiger partial charge on any atom is 0.274 e. The molecule has 0 aliphatic carbocycles. The molecular formula is C23H19N5O2. The van der Waals surface area contributed by atoms with Crippen molar-refractivity contribution in [2.24, 2.45) is 0 Å². The van der Waals surface area contributed by atoms with E-state index in [1.807, 2.05) is 36.5 Å². The Labute approximate surface area is 172 Å². The van der Waals surface area contributed by atoms with Gasteiger partial charge in [-0.1, -0.05) is 24.3 Å². The van der Waals surface area contributed by atoms with Gasteiger partial charge in [-0.3, -0.25) is 9.59 Å². The van der Waals surface area contributed by atoms with E-state index in [0.717, 1.165) is 23.0 Å². The minimum absolute atomic E-state index is 0.185. The van der Waals surface area contributed by atoms with Crippen LogP contribution in [0.5, 0.6) is 0 Å². The van der Waals surface area contributed by atoms with Crippen molar-refractivity contribution in [1.82, 2.24) is 24.6 Å². The minimum Gasteiger partial charge on any atom is -0.346 e. The quantitative estimate of drug-likeness (QED) is 0.576. The van der Waals surface area contributed by atoms with Crippen LogP contribution < -0.4 is 5.56 Å². The maximum absolute atomic E-state index is 13.0. The van der Waals surface area contributed by atoms with E-state index in [-0.39, 0.29) is 17.2 Å². The van der Waals surface area contributed by atoms with Gasteiger partial charge in [0, 0.05) is 42.5 Å². The summed E-state index contributed by atoms with van der Waals surface area (Å²) in [6.07, 6.45) is 6.55. The normalized spacial score (nSPS) is 14.0. The molecule has 0 spiro atoms. The number of rotatable bonds is 3. The van der Waals surface area contributed by atoms with Crippen molar-refractivity contribution in [3.8, 4) is 5.69 Å². The smallest absolute Gasteiger partial charge is 0.274 e. The Morgan fingerprint density at radius 3 is 2.70 bits per heavy atom. The zero-order valence-electron chi connectivity index (χ0n) is 16.2. The highest BCUT2D eigenvalue weighted by molar-refractivity contribution is 5.94. The van der Waals surface area contributed by atoms with Crippen molar-refractivity contribution in [1.29, 1.82) is 0 Å². The van der Waals surface area contributed by atoms with Crippen LogP contribution in [0.25, 0.3) is 22.3 Å². The lowest BCUT2D eigenvalue weighted by molar-refractivity contribution is 0.0765. The third-order valence-electron chi connectivity index (χ3n) is 5.31. The Morgan fingerprint density at radius 1 is 1.03 bits per heavy atom.